The molecule has 26 heavy (non-hydrogen) atoms. The summed E-state index contributed by atoms with van der Waals surface area (Å²) in [4.78, 5) is 0. The Labute approximate surface area is 218 Å². The molecule has 0 aromatic heterocycles. The molecule has 0 aliphatic rings. The van der Waals surface area contributed by atoms with Gasteiger partial charge in [0.25, 0.3) is 0 Å². The van der Waals surface area contributed by atoms with Gasteiger partial charge >= 0.3 is 0 Å². The van der Waals surface area contributed by atoms with Crippen molar-refractivity contribution >= 4 is 146 Å². The summed E-state index contributed by atoms with van der Waals surface area (Å²) in [6.07, 6.45) is 0. The predicted octanol–water partition coefficient (Wildman–Crippen LogP) is -3.59. The molecule has 0 aromatic rings. The van der Waals surface area contributed by atoms with Crippen molar-refractivity contribution in [1.29, 1.82) is 0 Å². The summed E-state index contributed by atoms with van der Waals surface area (Å²) in [5.41, 5.74) is 10.4. The molecule has 0 saturated heterocycles. The number of nitrogens with one attached hydrogen (secondary N) is 5. The monoisotopic (exact) mass is 586 g/mol. The minimum Gasteiger partial charge on any atom is -0.410 e. The van der Waals surface area contributed by atoms with Crippen molar-refractivity contribution in [1.82, 2.24) is 27.1 Å². The molecule has 21 heteroatoms. The van der Waals surface area contributed by atoms with Crippen LogP contribution in [0.3, 0.4) is 0 Å². The third kappa shape index (κ3) is 119. The van der Waals surface area contributed by atoms with E-state index < -0.39 is 0 Å². The molecule has 0 amide bonds. The maximum Gasteiger partial charge on any atom is 0 e. The zero-order valence-corrected chi connectivity index (χ0v) is 22.0. The fourth-order valence-corrected chi connectivity index (χ4v) is 0. The Kier molecular flexibility index (Phi) is 58.5. The van der Waals surface area contributed by atoms with E-state index in [2.05, 4.69) is 181 Å². The molecule has 0 saturated carbocycles. The van der Waals surface area contributed by atoms with E-state index >= 15 is 0 Å². The van der Waals surface area contributed by atoms with Crippen LogP contribution in [0.15, 0.2) is 0 Å². The molecule has 0 aliphatic carbocycles. The molecular weight excluding hydrogens is 572 g/mol. The number of hydrazine groups is 5. The summed E-state index contributed by atoms with van der Waals surface area (Å²) in [7, 11) is 0. The molecule has 0 bridgehead atoms. The summed E-state index contributed by atoms with van der Waals surface area (Å²) >= 11 is 42.8. The van der Waals surface area contributed by atoms with Crippen molar-refractivity contribution in [2.45, 2.75) is 0 Å². The fraction of sp³-hybridized carbons (Fsp3) is 0. The van der Waals surface area contributed by atoms with Gasteiger partial charge in [0, 0.05) is 18.6 Å². The number of rotatable bonds is 0. The van der Waals surface area contributed by atoms with Crippen molar-refractivity contribution in [3.63, 3.8) is 0 Å². The quantitative estimate of drug-likeness (QED) is 0.0579. The second-order valence-corrected chi connectivity index (χ2v) is 7.53. The zero-order chi connectivity index (χ0) is 21.4. The number of thiocarbonyl (C=S) groups is 5. The fourth-order valence-electron chi connectivity index (χ4n) is 0. The van der Waals surface area contributed by atoms with Crippen LogP contribution >= 0.6 is 61.1 Å². The summed E-state index contributed by atoms with van der Waals surface area (Å²) in [5.74, 6) is 23.4. The van der Waals surface area contributed by atoms with Gasteiger partial charge in [-0.05, 0) is 0 Å². The minimum absolute atomic E-state index is 0. The van der Waals surface area contributed by atoms with E-state index in [1.807, 2.05) is 0 Å². The van der Waals surface area contributed by atoms with Gasteiger partial charge in [0.15, 0.2) is 0 Å². The van der Waals surface area contributed by atoms with Crippen LogP contribution in [0.25, 0.3) is 0 Å². The van der Waals surface area contributed by atoms with E-state index in [4.69, 9.17) is 0 Å². The van der Waals surface area contributed by atoms with Gasteiger partial charge in [0.05, 0.1) is 0 Å². The normalized spacial score (nSPS) is 6.35. The van der Waals surface area contributed by atoms with Gasteiger partial charge in [-0.2, -0.15) is 0 Å². The summed E-state index contributed by atoms with van der Waals surface area (Å²) in [5, 5.41) is 0. The third-order valence-corrected chi connectivity index (χ3v) is 1.77. The molecule has 0 atom stereocenters. The van der Waals surface area contributed by atoms with E-state index in [1.165, 1.54) is 0 Å². The second kappa shape index (κ2) is 36.8. The maximum absolute atomic E-state index is 4.68. The maximum atomic E-state index is 4.68. The summed E-state index contributed by atoms with van der Waals surface area (Å²) in [6.45, 7) is 0. The van der Waals surface area contributed by atoms with E-state index in [0.717, 1.165) is 0 Å². The Hall–Kier alpha value is 0.934. The first-order chi connectivity index (χ1) is 11.4. The largest absolute Gasteiger partial charge is 0.410 e. The molecule has 0 aromatic carbocycles. The standard InChI is InChI=1S/5CH4N2S2.V/c5*2-3-1(4)5;/h5*2H2,(H2,3,4,5);/p-5. The van der Waals surface area contributed by atoms with E-state index in [-0.39, 0.29) is 40.2 Å². The SMILES string of the molecule is NNC(=S)[S-].NNC(=S)[S-].NNC(=S)[S-].NNC(=S)[S-].NNC(=S)[S-].[V]. The van der Waals surface area contributed by atoms with Crippen LogP contribution in [0.2, 0.25) is 0 Å². The van der Waals surface area contributed by atoms with Crippen molar-refractivity contribution in [3.8, 4) is 0 Å². The van der Waals surface area contributed by atoms with Crippen LogP contribution in [0.4, 0.5) is 0 Å². The third-order valence-electron chi connectivity index (χ3n) is 0.589. The van der Waals surface area contributed by atoms with Crippen molar-refractivity contribution in [3.05, 3.63) is 0 Å². The smallest absolute Gasteiger partial charge is 0 e. The average Bonchev–Trinajstić information content (AvgIpc) is 2.56. The Morgan fingerprint density at radius 3 is 0.462 bits per heavy atom. The Balaban J connectivity index is -0.0000000476. The average molecular weight is 587 g/mol. The first-order valence-electron chi connectivity index (χ1n) is 4.73. The Bertz CT molecular complexity index is 302. The van der Waals surface area contributed by atoms with Crippen LogP contribution in [-0.4, -0.2) is 21.6 Å². The van der Waals surface area contributed by atoms with Gasteiger partial charge in [0.1, 0.15) is 0 Å². The number of hydrogen-bond acceptors (Lipinski definition) is 15. The van der Waals surface area contributed by atoms with Gasteiger partial charge in [-0.1, -0.05) is 21.6 Å². The minimum atomic E-state index is 0. The van der Waals surface area contributed by atoms with Crippen LogP contribution in [0, 0.1) is 0 Å². The van der Waals surface area contributed by atoms with Crippen LogP contribution in [-0.2, 0) is 81.7 Å². The molecule has 0 spiro atoms. The zero-order valence-electron chi connectivity index (χ0n) is 12.4. The first-order valence-corrected chi connectivity index (χ1v) is 8.82. The van der Waals surface area contributed by atoms with Crippen LogP contribution < -0.4 is 56.3 Å². The molecule has 0 heterocycles. The van der Waals surface area contributed by atoms with Gasteiger partial charge in [-0.3, -0.25) is 29.2 Å². The van der Waals surface area contributed by atoms with Crippen LogP contribution in [0.5, 0.6) is 0 Å². The van der Waals surface area contributed by atoms with Gasteiger partial charge in [0.2, 0.25) is 0 Å². The summed E-state index contributed by atoms with van der Waals surface area (Å²) < 4.78 is 0.995. The molecule has 155 valence electrons. The molecule has 0 rings (SSSR count). The molecule has 0 fully saturated rings. The Morgan fingerprint density at radius 1 is 0.423 bits per heavy atom. The van der Waals surface area contributed by atoms with Gasteiger partial charge in [-0.15, -0.1) is 0 Å². The van der Waals surface area contributed by atoms with Crippen LogP contribution in [0.1, 0.15) is 0 Å². The van der Waals surface area contributed by atoms with Gasteiger partial charge < -0.3 is 151 Å². The van der Waals surface area contributed by atoms with E-state index in [1.54, 1.807) is 0 Å². The van der Waals surface area contributed by atoms with E-state index in [9.17, 15) is 0 Å². The molecule has 10 nitrogen and oxygen atoms in total. The number of nitrogens with two attached hydrogens (primary N) is 5. The molecular formula is C5H15N10S10V-5. The second-order valence-electron chi connectivity index (χ2n) is 2.16. The number of hydrogen-bond donors (Lipinski definition) is 10. The topological polar surface area (TPSA) is 190 Å². The molecule has 1 radical (unpaired) electrons. The molecule has 15 N–H and O–H groups in total. The van der Waals surface area contributed by atoms with Crippen molar-refractivity contribution in [2.75, 3.05) is 0 Å². The summed E-state index contributed by atoms with van der Waals surface area (Å²) in [6, 6.07) is 0. The van der Waals surface area contributed by atoms with Gasteiger partial charge in [-0.25, -0.2) is 0 Å². The Morgan fingerprint density at radius 2 is 0.462 bits per heavy atom. The molecule has 0 unspecified atom stereocenters. The first kappa shape index (κ1) is 41.3. The van der Waals surface area contributed by atoms with Crippen molar-refractivity contribution < 1.29 is 18.6 Å². The van der Waals surface area contributed by atoms with E-state index in [0.29, 0.717) is 0 Å². The molecule has 0 aliphatic heterocycles. The van der Waals surface area contributed by atoms with Crippen molar-refractivity contribution in [2.24, 2.45) is 29.2 Å². The predicted molar refractivity (Wildman–Crippen MR) is 136 cm³/mol.